The van der Waals surface area contributed by atoms with E-state index in [9.17, 15) is 0 Å². The number of alkyl halides is 1. The van der Waals surface area contributed by atoms with E-state index in [1.165, 1.54) is 11.1 Å². The molecule has 0 spiro atoms. The molecule has 0 fully saturated rings. The van der Waals surface area contributed by atoms with Crippen molar-refractivity contribution in [2.24, 2.45) is 5.41 Å². The van der Waals surface area contributed by atoms with Crippen LogP contribution in [-0.4, -0.2) is 50.8 Å². The Hall–Kier alpha value is -1.55. The van der Waals surface area contributed by atoms with Crippen molar-refractivity contribution in [1.82, 2.24) is 0 Å². The minimum atomic E-state index is -0.0355. The van der Waals surface area contributed by atoms with Gasteiger partial charge in [0.15, 0.2) is 0 Å². The van der Waals surface area contributed by atoms with Gasteiger partial charge in [-0.2, -0.15) is 0 Å². The molecular formula is C27H41ClNO2+. The molecule has 0 saturated carbocycles. The molecule has 0 aliphatic heterocycles. The quantitative estimate of drug-likeness (QED) is 0.216. The summed E-state index contributed by atoms with van der Waals surface area (Å²) >= 11 is 6.35. The maximum atomic E-state index is 6.35. The second-order valence-electron chi connectivity index (χ2n) is 10.7. The summed E-state index contributed by atoms with van der Waals surface area (Å²) in [5.41, 5.74) is 2.81. The zero-order valence-corrected chi connectivity index (χ0v) is 21.0. The summed E-state index contributed by atoms with van der Waals surface area (Å²) < 4.78 is 12.6. The highest BCUT2D eigenvalue weighted by atomic mass is 35.5. The minimum absolute atomic E-state index is 0.0355. The van der Waals surface area contributed by atoms with E-state index in [1.807, 2.05) is 12.1 Å². The summed E-state index contributed by atoms with van der Waals surface area (Å²) in [6, 6.07) is 19.0. The van der Waals surface area contributed by atoms with Gasteiger partial charge >= 0.3 is 0 Å². The minimum Gasteiger partial charge on any atom is -0.491 e. The van der Waals surface area contributed by atoms with Gasteiger partial charge in [0, 0.05) is 16.9 Å². The molecule has 2 rings (SSSR count). The summed E-state index contributed by atoms with van der Waals surface area (Å²) in [6.07, 6.45) is 1.04. The molecule has 172 valence electrons. The maximum absolute atomic E-state index is 6.35. The molecule has 2 aromatic rings. The van der Waals surface area contributed by atoms with E-state index < -0.39 is 0 Å². The topological polar surface area (TPSA) is 18.5 Å². The van der Waals surface area contributed by atoms with Crippen LogP contribution in [0.2, 0.25) is 0 Å². The Balaban J connectivity index is 1.72. The van der Waals surface area contributed by atoms with E-state index in [4.69, 9.17) is 21.1 Å². The second-order valence-corrected chi connectivity index (χ2v) is 11.0. The van der Waals surface area contributed by atoms with E-state index in [-0.39, 0.29) is 10.8 Å². The Kier molecular flexibility index (Phi) is 9.42. The molecule has 0 amide bonds. The van der Waals surface area contributed by atoms with E-state index in [2.05, 4.69) is 84.3 Å². The first-order valence-electron chi connectivity index (χ1n) is 11.3. The first-order chi connectivity index (χ1) is 14.5. The van der Waals surface area contributed by atoms with Crippen molar-refractivity contribution >= 4 is 11.6 Å². The van der Waals surface area contributed by atoms with Crippen LogP contribution < -0.4 is 4.74 Å². The first-order valence-corrected chi connectivity index (χ1v) is 11.8. The molecule has 3 nitrogen and oxygen atoms in total. The largest absolute Gasteiger partial charge is 0.491 e. The molecule has 0 heterocycles. The number of likely N-dealkylation sites (N-methyl/N-ethyl adjacent to an activating group) is 1. The van der Waals surface area contributed by atoms with Gasteiger partial charge in [0.25, 0.3) is 0 Å². The Labute approximate surface area is 194 Å². The second kappa shape index (κ2) is 11.4. The molecular weight excluding hydrogens is 406 g/mol. The van der Waals surface area contributed by atoms with Gasteiger partial charge in [0.2, 0.25) is 0 Å². The number of ether oxygens (including phenoxy) is 2. The van der Waals surface area contributed by atoms with Crippen molar-refractivity contribution in [2.45, 2.75) is 46.1 Å². The molecule has 0 aliphatic rings. The number of hydrogen-bond acceptors (Lipinski definition) is 2. The lowest BCUT2D eigenvalue weighted by atomic mass is 9.72. The summed E-state index contributed by atoms with van der Waals surface area (Å²) in [4.78, 5) is 0. The van der Waals surface area contributed by atoms with Crippen LogP contribution in [-0.2, 0) is 16.7 Å². The van der Waals surface area contributed by atoms with Gasteiger partial charge in [0.1, 0.15) is 25.4 Å². The molecule has 1 atom stereocenters. The van der Waals surface area contributed by atoms with Crippen LogP contribution in [0, 0.1) is 5.41 Å². The Morgan fingerprint density at radius 1 is 0.839 bits per heavy atom. The lowest BCUT2D eigenvalue weighted by molar-refractivity contribution is -0.904. The van der Waals surface area contributed by atoms with Crippen molar-refractivity contribution in [3.63, 3.8) is 0 Å². The molecule has 0 aromatic heterocycles. The van der Waals surface area contributed by atoms with Crippen LogP contribution in [0.1, 0.15) is 45.2 Å². The highest BCUT2D eigenvalue weighted by Gasteiger charge is 2.31. The average Bonchev–Trinajstić information content (AvgIpc) is 2.70. The molecule has 0 aliphatic carbocycles. The monoisotopic (exact) mass is 446 g/mol. The van der Waals surface area contributed by atoms with Crippen LogP contribution in [0.3, 0.4) is 0 Å². The molecule has 2 aromatic carbocycles. The molecule has 1 unspecified atom stereocenters. The van der Waals surface area contributed by atoms with Gasteiger partial charge in [0.05, 0.1) is 27.3 Å². The predicted molar refractivity (Wildman–Crippen MR) is 132 cm³/mol. The highest BCUT2D eigenvalue weighted by molar-refractivity contribution is 6.18. The van der Waals surface area contributed by atoms with Crippen LogP contribution >= 0.6 is 11.6 Å². The number of nitrogens with zero attached hydrogens (tertiary/aromatic N) is 1. The number of quaternary nitrogens is 1. The molecule has 0 N–H and O–H groups in total. The summed E-state index contributed by atoms with van der Waals surface area (Å²) in [5, 5.41) is 0. The molecule has 4 heteroatoms. The van der Waals surface area contributed by atoms with Gasteiger partial charge in [-0.15, -0.1) is 11.6 Å². The van der Waals surface area contributed by atoms with Gasteiger partial charge in [-0.3, -0.25) is 0 Å². The zero-order valence-electron chi connectivity index (χ0n) is 20.3. The van der Waals surface area contributed by atoms with Gasteiger partial charge in [-0.25, -0.2) is 0 Å². The lowest BCUT2D eigenvalue weighted by Gasteiger charge is -2.34. The summed E-state index contributed by atoms with van der Waals surface area (Å²) in [7, 11) is 4.48. The van der Waals surface area contributed by atoms with Crippen molar-refractivity contribution in [1.29, 1.82) is 0 Å². The fraction of sp³-hybridized carbons (Fsp3) is 0.556. The van der Waals surface area contributed by atoms with E-state index in [0.29, 0.717) is 19.1 Å². The van der Waals surface area contributed by atoms with Gasteiger partial charge in [-0.1, -0.05) is 70.2 Å². The first kappa shape index (κ1) is 25.7. The Morgan fingerprint density at radius 2 is 1.48 bits per heavy atom. The zero-order chi connectivity index (χ0) is 23.0. The van der Waals surface area contributed by atoms with Crippen LogP contribution in [0.4, 0.5) is 0 Å². The normalized spacial score (nSPS) is 14.3. The summed E-state index contributed by atoms with van der Waals surface area (Å²) in [6.45, 7) is 12.9. The molecule has 0 saturated heterocycles. The third-order valence-corrected chi connectivity index (χ3v) is 6.15. The number of hydrogen-bond donors (Lipinski definition) is 0. The van der Waals surface area contributed by atoms with Crippen molar-refractivity contribution in [3.05, 3.63) is 65.7 Å². The Bertz CT molecular complexity index is 768. The van der Waals surface area contributed by atoms with Crippen LogP contribution in [0.25, 0.3) is 0 Å². The fourth-order valence-corrected chi connectivity index (χ4v) is 4.39. The standard InChI is InChI=1S/C27H41ClNO2/c1-26(2,3)21-27(4,22-28)24-12-14-25(15-13-24)31-19-18-30-17-16-29(5,6)20-23-10-8-7-9-11-23/h7-15H,16-22H2,1-6H3/q+1. The molecule has 0 bridgehead atoms. The van der Waals surface area contributed by atoms with Gasteiger partial charge in [-0.05, 0) is 29.5 Å². The predicted octanol–water partition coefficient (Wildman–Crippen LogP) is 6.29. The fourth-order valence-electron chi connectivity index (χ4n) is 4.14. The third kappa shape index (κ3) is 9.22. The lowest BCUT2D eigenvalue weighted by Crippen LogP contribution is -2.41. The van der Waals surface area contributed by atoms with Crippen molar-refractivity contribution in [3.8, 4) is 5.75 Å². The number of benzene rings is 2. The van der Waals surface area contributed by atoms with E-state index >= 15 is 0 Å². The summed E-state index contributed by atoms with van der Waals surface area (Å²) in [5.74, 6) is 1.48. The smallest absolute Gasteiger partial charge is 0.119 e. The maximum Gasteiger partial charge on any atom is 0.119 e. The SMILES string of the molecule is CC(C)(C)CC(C)(CCl)c1ccc(OCCOCC[N+](C)(C)Cc2ccccc2)cc1. The molecule has 31 heavy (non-hydrogen) atoms. The number of rotatable bonds is 12. The average molecular weight is 447 g/mol. The Morgan fingerprint density at radius 3 is 2.06 bits per heavy atom. The van der Waals surface area contributed by atoms with E-state index in [0.717, 1.165) is 36.3 Å². The third-order valence-electron chi connectivity index (χ3n) is 5.56. The van der Waals surface area contributed by atoms with Crippen molar-refractivity contribution in [2.75, 3.05) is 46.3 Å². The molecule has 0 radical (unpaired) electrons. The van der Waals surface area contributed by atoms with Gasteiger partial charge < -0.3 is 14.0 Å². The highest BCUT2D eigenvalue weighted by Crippen LogP contribution is 2.38. The van der Waals surface area contributed by atoms with Crippen molar-refractivity contribution < 1.29 is 14.0 Å². The van der Waals surface area contributed by atoms with Crippen LogP contribution in [0.15, 0.2) is 54.6 Å². The number of halogens is 1. The van der Waals surface area contributed by atoms with Crippen LogP contribution in [0.5, 0.6) is 5.75 Å². The van der Waals surface area contributed by atoms with E-state index in [1.54, 1.807) is 0 Å².